The van der Waals surface area contributed by atoms with E-state index in [0.717, 1.165) is 11.0 Å². The van der Waals surface area contributed by atoms with Crippen LogP contribution in [0.2, 0.25) is 0 Å². The Morgan fingerprint density at radius 2 is 1.80 bits per heavy atom. The van der Waals surface area contributed by atoms with Gasteiger partial charge in [0.25, 0.3) is 0 Å². The molecule has 2 aromatic carbocycles. The Morgan fingerprint density at radius 3 is 2.50 bits per heavy atom. The zero-order chi connectivity index (χ0) is 14.3. The molecule has 0 unspecified atom stereocenters. The van der Waals surface area contributed by atoms with E-state index in [9.17, 15) is 0 Å². The second-order valence-electron chi connectivity index (χ2n) is 5.44. The SMILES string of the molecule is CC(C)=c1ccc2c(c1)Sc1cc(N(C)C)ccc1N=2. The number of hydrogen-bond acceptors (Lipinski definition) is 3. The first-order valence-corrected chi connectivity index (χ1v) is 7.52. The highest BCUT2D eigenvalue weighted by Gasteiger charge is 2.12. The summed E-state index contributed by atoms with van der Waals surface area (Å²) >= 11 is 1.81. The van der Waals surface area contributed by atoms with E-state index in [-0.39, 0.29) is 0 Å². The second kappa shape index (κ2) is 4.98. The molecule has 0 atom stereocenters. The molecule has 0 aromatic heterocycles. The van der Waals surface area contributed by atoms with Crippen LogP contribution >= 0.6 is 11.8 Å². The highest BCUT2D eigenvalue weighted by Crippen LogP contribution is 2.38. The minimum absolute atomic E-state index is 1.07. The van der Waals surface area contributed by atoms with Crippen molar-refractivity contribution in [2.24, 2.45) is 4.99 Å². The van der Waals surface area contributed by atoms with Gasteiger partial charge in [0.15, 0.2) is 0 Å². The van der Waals surface area contributed by atoms with Gasteiger partial charge < -0.3 is 4.90 Å². The predicted molar refractivity (Wildman–Crippen MR) is 86.5 cm³/mol. The normalized spacial score (nSPS) is 12.2. The van der Waals surface area contributed by atoms with Crippen LogP contribution in [0.1, 0.15) is 13.8 Å². The van der Waals surface area contributed by atoms with Crippen LogP contribution in [-0.2, 0) is 0 Å². The first kappa shape index (κ1) is 13.3. The molecule has 2 aromatic rings. The molecule has 0 saturated heterocycles. The number of rotatable bonds is 1. The molecule has 3 heteroatoms. The first-order valence-electron chi connectivity index (χ1n) is 6.70. The topological polar surface area (TPSA) is 15.6 Å². The van der Waals surface area contributed by atoms with E-state index in [2.05, 4.69) is 69.2 Å². The van der Waals surface area contributed by atoms with Gasteiger partial charge in [-0.05, 0) is 49.4 Å². The van der Waals surface area contributed by atoms with Crippen molar-refractivity contribution in [3.8, 4) is 0 Å². The summed E-state index contributed by atoms with van der Waals surface area (Å²) in [7, 11) is 4.13. The molecule has 0 amide bonds. The molecule has 0 bridgehead atoms. The molecule has 0 aliphatic carbocycles. The lowest BCUT2D eigenvalue weighted by molar-refractivity contribution is 1.11. The number of nitrogens with zero attached hydrogens (tertiary/aromatic N) is 2. The summed E-state index contributed by atoms with van der Waals surface area (Å²) < 4.78 is 0. The first-order chi connectivity index (χ1) is 9.54. The second-order valence-corrected chi connectivity index (χ2v) is 6.53. The molecule has 0 radical (unpaired) electrons. The summed E-state index contributed by atoms with van der Waals surface area (Å²) in [5.41, 5.74) is 3.61. The number of fused-ring (bicyclic) bond motifs is 2. The van der Waals surface area contributed by atoms with Crippen LogP contribution < -0.4 is 15.5 Å². The van der Waals surface area contributed by atoms with E-state index in [4.69, 9.17) is 4.99 Å². The monoisotopic (exact) mass is 282 g/mol. The smallest absolute Gasteiger partial charge is 0.0778 e. The van der Waals surface area contributed by atoms with Gasteiger partial charge >= 0.3 is 0 Å². The molecule has 1 aliphatic rings. The van der Waals surface area contributed by atoms with Gasteiger partial charge in [-0.1, -0.05) is 23.4 Å². The lowest BCUT2D eigenvalue weighted by Crippen LogP contribution is -2.14. The van der Waals surface area contributed by atoms with Crippen molar-refractivity contribution < 1.29 is 0 Å². The average Bonchev–Trinajstić information content (AvgIpc) is 2.43. The van der Waals surface area contributed by atoms with E-state index in [1.165, 1.54) is 26.3 Å². The molecular weight excluding hydrogens is 264 g/mol. The standard InChI is InChI=1S/C17H18N2S/c1-11(2)12-5-7-14-16(9-12)20-17-10-13(19(3)4)6-8-15(17)18-14/h5-10H,1-4H3. The third-order valence-corrected chi connectivity index (χ3v) is 4.55. The molecule has 2 nitrogen and oxygen atoms in total. The summed E-state index contributed by atoms with van der Waals surface area (Å²) in [6.45, 7) is 4.29. The molecule has 0 fully saturated rings. The molecule has 0 N–H and O–H groups in total. The third kappa shape index (κ3) is 2.34. The molecule has 1 heterocycles. The molecule has 3 rings (SSSR count). The summed E-state index contributed by atoms with van der Waals surface area (Å²) in [6.07, 6.45) is 0. The fraction of sp³-hybridized carbons (Fsp3) is 0.235. The summed E-state index contributed by atoms with van der Waals surface area (Å²) in [6, 6.07) is 12.9. The van der Waals surface area contributed by atoms with Crippen LogP contribution in [0.3, 0.4) is 0 Å². The van der Waals surface area contributed by atoms with Crippen LogP contribution in [0, 0.1) is 0 Å². The highest BCUT2D eigenvalue weighted by atomic mass is 32.2. The zero-order valence-electron chi connectivity index (χ0n) is 12.3. The Morgan fingerprint density at radius 1 is 1.00 bits per heavy atom. The van der Waals surface area contributed by atoms with Crippen molar-refractivity contribution in [3.05, 3.63) is 47.0 Å². The Hall–Kier alpha value is -1.74. The minimum Gasteiger partial charge on any atom is -0.378 e. The van der Waals surface area contributed by atoms with Gasteiger partial charge in [-0.2, -0.15) is 0 Å². The average molecular weight is 282 g/mol. The molecule has 0 saturated carbocycles. The molecule has 102 valence electrons. The van der Waals surface area contributed by atoms with Gasteiger partial charge in [0.1, 0.15) is 0 Å². The van der Waals surface area contributed by atoms with Gasteiger partial charge in [0.2, 0.25) is 0 Å². The number of benzene rings is 2. The van der Waals surface area contributed by atoms with Crippen molar-refractivity contribution in [1.82, 2.24) is 0 Å². The van der Waals surface area contributed by atoms with Crippen LogP contribution in [0.5, 0.6) is 0 Å². The van der Waals surface area contributed by atoms with E-state index < -0.39 is 0 Å². The summed E-state index contributed by atoms with van der Waals surface area (Å²) in [5, 5.41) is 2.36. The van der Waals surface area contributed by atoms with Crippen LogP contribution in [-0.4, -0.2) is 14.1 Å². The van der Waals surface area contributed by atoms with Gasteiger partial charge in [0, 0.05) is 29.6 Å². The van der Waals surface area contributed by atoms with Crippen molar-refractivity contribution in [2.45, 2.75) is 23.6 Å². The van der Waals surface area contributed by atoms with Crippen LogP contribution in [0.25, 0.3) is 5.57 Å². The lowest BCUT2D eigenvalue weighted by atomic mass is 10.2. The fourth-order valence-electron chi connectivity index (χ4n) is 2.20. The summed E-state index contributed by atoms with van der Waals surface area (Å²) in [4.78, 5) is 9.36. The Kier molecular flexibility index (Phi) is 3.30. The summed E-state index contributed by atoms with van der Waals surface area (Å²) in [5.74, 6) is 0. The maximum atomic E-state index is 4.76. The van der Waals surface area contributed by atoms with Crippen LogP contribution in [0.4, 0.5) is 11.4 Å². The van der Waals surface area contributed by atoms with Gasteiger partial charge in [-0.25, -0.2) is 4.99 Å². The number of anilines is 1. The van der Waals surface area contributed by atoms with E-state index >= 15 is 0 Å². The lowest BCUT2D eigenvalue weighted by Gasteiger charge is -2.17. The van der Waals surface area contributed by atoms with E-state index in [1.54, 1.807) is 0 Å². The van der Waals surface area contributed by atoms with Crippen molar-refractivity contribution in [3.63, 3.8) is 0 Å². The largest absolute Gasteiger partial charge is 0.378 e. The Balaban J connectivity index is 2.16. The third-order valence-electron chi connectivity index (χ3n) is 3.46. The maximum Gasteiger partial charge on any atom is 0.0778 e. The van der Waals surface area contributed by atoms with Crippen molar-refractivity contribution in [2.75, 3.05) is 19.0 Å². The van der Waals surface area contributed by atoms with Crippen molar-refractivity contribution >= 4 is 28.7 Å². The Labute approximate surface area is 123 Å². The van der Waals surface area contributed by atoms with E-state index in [0.29, 0.717) is 0 Å². The van der Waals surface area contributed by atoms with E-state index in [1.807, 2.05) is 11.8 Å². The van der Waals surface area contributed by atoms with Gasteiger partial charge in [-0.15, -0.1) is 0 Å². The van der Waals surface area contributed by atoms with Crippen molar-refractivity contribution in [1.29, 1.82) is 0 Å². The highest BCUT2D eigenvalue weighted by molar-refractivity contribution is 7.99. The molecule has 0 spiro atoms. The number of hydrogen-bond donors (Lipinski definition) is 0. The quantitative estimate of drug-likeness (QED) is 0.680. The fourth-order valence-corrected chi connectivity index (χ4v) is 3.24. The zero-order valence-corrected chi connectivity index (χ0v) is 13.1. The van der Waals surface area contributed by atoms with Gasteiger partial charge in [0.05, 0.1) is 11.0 Å². The van der Waals surface area contributed by atoms with Gasteiger partial charge in [-0.3, -0.25) is 0 Å². The predicted octanol–water partition coefficient (Wildman–Crippen LogP) is 3.36. The Bertz CT molecular complexity index is 787. The molecular formula is C17H18N2S. The minimum atomic E-state index is 1.07. The molecule has 1 aliphatic heterocycles. The maximum absolute atomic E-state index is 4.76. The van der Waals surface area contributed by atoms with Crippen LogP contribution in [0.15, 0.2) is 51.2 Å². The molecule has 20 heavy (non-hydrogen) atoms.